The number of aliphatic imine (C=N–C) groups is 1. The molecule has 0 fully saturated rings. The molecule has 0 aliphatic carbocycles. The van der Waals surface area contributed by atoms with Crippen LogP contribution in [0, 0.1) is 0 Å². The van der Waals surface area contributed by atoms with E-state index < -0.39 is 0 Å². The van der Waals surface area contributed by atoms with Crippen LogP contribution in [0.15, 0.2) is 29.3 Å². The fraction of sp³-hybridized carbons (Fsp3) is 0.571. The third kappa shape index (κ3) is 7.77. The van der Waals surface area contributed by atoms with Crippen molar-refractivity contribution < 1.29 is 0 Å². The predicted octanol–water partition coefficient (Wildman–Crippen LogP) is 4.01. The lowest BCUT2D eigenvalue weighted by molar-refractivity contribution is 0.597. The van der Waals surface area contributed by atoms with Gasteiger partial charge in [0.1, 0.15) is 11.6 Å². The summed E-state index contributed by atoms with van der Waals surface area (Å²) in [6.45, 7) is 5.62. The van der Waals surface area contributed by atoms with E-state index in [0.29, 0.717) is 0 Å². The summed E-state index contributed by atoms with van der Waals surface area (Å²) < 4.78 is 2.33. The van der Waals surface area contributed by atoms with Gasteiger partial charge in [0.25, 0.3) is 0 Å². The molecule has 2 heterocycles. The number of aryl methyl sites for hydroxylation is 2. The third-order valence-corrected chi connectivity index (χ3v) is 5.23. The van der Waals surface area contributed by atoms with Crippen molar-refractivity contribution in [2.45, 2.75) is 58.4 Å². The van der Waals surface area contributed by atoms with Crippen molar-refractivity contribution in [3.63, 3.8) is 0 Å². The number of aromatic nitrogens is 3. The first-order valence-electron chi connectivity index (χ1n) is 10.4. The molecule has 0 spiro atoms. The topological polar surface area (TPSA) is 67.1 Å². The SMILES string of the molecule is CCNC(=NCCCc1nnc2n1CCCCC2)NCCc1ccc(Cl)cc1.I. The molecule has 1 aliphatic heterocycles. The van der Waals surface area contributed by atoms with Crippen LogP contribution in [0.2, 0.25) is 5.02 Å². The van der Waals surface area contributed by atoms with Crippen LogP contribution in [0.3, 0.4) is 0 Å². The molecule has 160 valence electrons. The zero-order chi connectivity index (χ0) is 19.6. The summed E-state index contributed by atoms with van der Waals surface area (Å²) in [6, 6.07) is 7.99. The predicted molar refractivity (Wildman–Crippen MR) is 130 cm³/mol. The van der Waals surface area contributed by atoms with Crippen molar-refractivity contribution in [1.29, 1.82) is 0 Å². The van der Waals surface area contributed by atoms with Crippen molar-refractivity contribution in [3.05, 3.63) is 46.5 Å². The van der Waals surface area contributed by atoms with Crippen LogP contribution in [0.25, 0.3) is 0 Å². The summed E-state index contributed by atoms with van der Waals surface area (Å²) in [5.41, 5.74) is 1.26. The van der Waals surface area contributed by atoms with E-state index in [-0.39, 0.29) is 24.0 Å². The van der Waals surface area contributed by atoms with E-state index in [1.165, 1.54) is 24.8 Å². The average molecular weight is 531 g/mol. The highest BCUT2D eigenvalue weighted by Gasteiger charge is 2.13. The first-order chi connectivity index (χ1) is 13.8. The standard InChI is InChI=1S/C21H31ClN6.HI/c1-2-23-21(25-15-13-17-9-11-18(22)12-10-17)24-14-6-8-20-27-26-19-7-4-3-5-16-28(19)20;/h9-12H,2-8,13-16H2,1H3,(H2,23,24,25);1H. The van der Waals surface area contributed by atoms with Crippen molar-refractivity contribution >= 4 is 41.5 Å². The fourth-order valence-corrected chi connectivity index (χ4v) is 3.60. The van der Waals surface area contributed by atoms with Crippen LogP contribution >= 0.6 is 35.6 Å². The largest absolute Gasteiger partial charge is 0.357 e. The highest BCUT2D eigenvalue weighted by molar-refractivity contribution is 14.0. The second kappa shape index (κ2) is 13.1. The Balaban J connectivity index is 0.00000300. The number of benzene rings is 1. The van der Waals surface area contributed by atoms with Gasteiger partial charge in [-0.3, -0.25) is 4.99 Å². The maximum absolute atomic E-state index is 5.94. The molecule has 6 nitrogen and oxygen atoms in total. The molecular formula is C21H32ClIN6. The molecule has 29 heavy (non-hydrogen) atoms. The maximum Gasteiger partial charge on any atom is 0.191 e. The molecule has 8 heteroatoms. The van der Waals surface area contributed by atoms with E-state index in [1.807, 2.05) is 12.1 Å². The molecule has 1 aromatic heterocycles. The van der Waals surface area contributed by atoms with Gasteiger partial charge >= 0.3 is 0 Å². The second-order valence-corrected chi connectivity index (χ2v) is 7.60. The van der Waals surface area contributed by atoms with Gasteiger partial charge in [-0.2, -0.15) is 0 Å². The van der Waals surface area contributed by atoms with Crippen molar-refractivity contribution in [3.8, 4) is 0 Å². The second-order valence-electron chi connectivity index (χ2n) is 7.16. The number of fused-ring (bicyclic) bond motifs is 1. The molecule has 0 radical (unpaired) electrons. The van der Waals surface area contributed by atoms with E-state index in [1.54, 1.807) is 0 Å². The zero-order valence-corrected chi connectivity index (χ0v) is 20.2. The highest BCUT2D eigenvalue weighted by Crippen LogP contribution is 2.15. The first-order valence-corrected chi connectivity index (χ1v) is 10.8. The van der Waals surface area contributed by atoms with Crippen molar-refractivity contribution in [1.82, 2.24) is 25.4 Å². The Morgan fingerprint density at radius 2 is 1.93 bits per heavy atom. The summed E-state index contributed by atoms with van der Waals surface area (Å²) in [5, 5.41) is 16.3. The average Bonchev–Trinajstić information content (AvgIpc) is 2.93. The third-order valence-electron chi connectivity index (χ3n) is 4.98. The summed E-state index contributed by atoms with van der Waals surface area (Å²) in [6.07, 6.45) is 7.67. The van der Waals surface area contributed by atoms with Gasteiger partial charge in [0.05, 0.1) is 0 Å². The van der Waals surface area contributed by atoms with Gasteiger partial charge in [-0.15, -0.1) is 34.2 Å². The molecule has 0 amide bonds. The normalized spacial score (nSPS) is 13.9. The Labute approximate surface area is 195 Å². The van der Waals surface area contributed by atoms with Gasteiger partial charge in [0, 0.05) is 44.0 Å². The van der Waals surface area contributed by atoms with Crippen LogP contribution in [-0.4, -0.2) is 40.4 Å². The van der Waals surface area contributed by atoms with Gasteiger partial charge < -0.3 is 15.2 Å². The van der Waals surface area contributed by atoms with E-state index in [4.69, 9.17) is 16.6 Å². The Morgan fingerprint density at radius 3 is 2.72 bits per heavy atom. The van der Waals surface area contributed by atoms with E-state index >= 15 is 0 Å². The van der Waals surface area contributed by atoms with Gasteiger partial charge in [0.2, 0.25) is 0 Å². The fourth-order valence-electron chi connectivity index (χ4n) is 3.48. The molecular weight excluding hydrogens is 499 g/mol. The number of hydrogen-bond donors (Lipinski definition) is 2. The molecule has 2 aromatic rings. The lowest BCUT2D eigenvalue weighted by Crippen LogP contribution is -2.38. The molecule has 0 saturated carbocycles. The number of halogens is 2. The molecule has 0 unspecified atom stereocenters. The number of guanidine groups is 1. The number of nitrogens with zero attached hydrogens (tertiary/aromatic N) is 4. The summed E-state index contributed by atoms with van der Waals surface area (Å²) in [7, 11) is 0. The Kier molecular flexibility index (Phi) is 10.8. The maximum atomic E-state index is 5.94. The molecule has 2 N–H and O–H groups in total. The molecule has 1 aromatic carbocycles. The quantitative estimate of drug-likeness (QED) is 0.234. The van der Waals surface area contributed by atoms with Crippen LogP contribution in [0.1, 0.15) is 49.8 Å². The minimum Gasteiger partial charge on any atom is -0.357 e. The van der Waals surface area contributed by atoms with E-state index in [2.05, 4.69) is 44.5 Å². The van der Waals surface area contributed by atoms with Crippen LogP contribution < -0.4 is 10.6 Å². The van der Waals surface area contributed by atoms with Gasteiger partial charge in [0.15, 0.2) is 5.96 Å². The first kappa shape index (κ1) is 23.9. The monoisotopic (exact) mass is 530 g/mol. The minimum atomic E-state index is 0. The number of rotatable bonds is 8. The van der Waals surface area contributed by atoms with Crippen LogP contribution in [0.4, 0.5) is 0 Å². The molecule has 3 rings (SSSR count). The Morgan fingerprint density at radius 1 is 1.10 bits per heavy atom. The molecule has 1 aliphatic rings. The van der Waals surface area contributed by atoms with E-state index in [9.17, 15) is 0 Å². The van der Waals surface area contributed by atoms with Crippen LogP contribution in [-0.2, 0) is 25.8 Å². The lowest BCUT2D eigenvalue weighted by Gasteiger charge is -2.11. The number of nitrogens with one attached hydrogen (secondary N) is 2. The van der Waals surface area contributed by atoms with Crippen molar-refractivity contribution in [2.75, 3.05) is 19.6 Å². The van der Waals surface area contributed by atoms with Crippen molar-refractivity contribution in [2.24, 2.45) is 4.99 Å². The Hall–Kier alpha value is -1.35. The zero-order valence-electron chi connectivity index (χ0n) is 17.2. The minimum absolute atomic E-state index is 0. The number of hydrogen-bond acceptors (Lipinski definition) is 3. The van der Waals surface area contributed by atoms with Crippen LogP contribution in [0.5, 0.6) is 0 Å². The molecule has 0 atom stereocenters. The highest BCUT2D eigenvalue weighted by atomic mass is 127. The smallest absolute Gasteiger partial charge is 0.191 e. The summed E-state index contributed by atoms with van der Waals surface area (Å²) in [4.78, 5) is 4.70. The molecule has 0 bridgehead atoms. The lowest BCUT2D eigenvalue weighted by atomic mass is 10.1. The molecule has 0 saturated heterocycles. The van der Waals surface area contributed by atoms with E-state index in [0.717, 1.165) is 74.5 Å². The van der Waals surface area contributed by atoms with Gasteiger partial charge in [-0.05, 0) is 50.3 Å². The Bertz CT molecular complexity index is 759. The van der Waals surface area contributed by atoms with Gasteiger partial charge in [-0.25, -0.2) is 0 Å². The summed E-state index contributed by atoms with van der Waals surface area (Å²) in [5.74, 6) is 3.15. The van der Waals surface area contributed by atoms with Gasteiger partial charge in [-0.1, -0.05) is 30.2 Å². The summed E-state index contributed by atoms with van der Waals surface area (Å²) >= 11 is 5.94.